The van der Waals surface area contributed by atoms with Crippen LogP contribution in [0.3, 0.4) is 0 Å². The van der Waals surface area contributed by atoms with Crippen LogP contribution in [-0.2, 0) is 16.4 Å². The van der Waals surface area contributed by atoms with Crippen LogP contribution in [0.15, 0.2) is 5.16 Å². The van der Waals surface area contributed by atoms with E-state index >= 15 is 0 Å². The zero-order chi connectivity index (χ0) is 14.7. The summed E-state index contributed by atoms with van der Waals surface area (Å²) in [6, 6.07) is 0. The molecule has 110 valence electrons. The van der Waals surface area contributed by atoms with Gasteiger partial charge in [0.05, 0.1) is 10.5 Å². The fourth-order valence-electron chi connectivity index (χ4n) is 1.40. The van der Waals surface area contributed by atoms with Crippen molar-refractivity contribution in [2.45, 2.75) is 44.1 Å². The van der Waals surface area contributed by atoms with E-state index in [2.05, 4.69) is 10.2 Å². The van der Waals surface area contributed by atoms with Crippen molar-refractivity contribution >= 4 is 21.6 Å². The van der Waals surface area contributed by atoms with Gasteiger partial charge in [0.15, 0.2) is 15.0 Å². The van der Waals surface area contributed by atoms with Gasteiger partial charge >= 0.3 is 0 Å². The predicted molar refractivity (Wildman–Crippen MR) is 78.1 cm³/mol. The third kappa shape index (κ3) is 4.19. The van der Waals surface area contributed by atoms with Gasteiger partial charge < -0.3 is 10.3 Å². The number of aromatic nitrogens is 3. The van der Waals surface area contributed by atoms with Crippen LogP contribution in [-0.4, -0.2) is 46.0 Å². The van der Waals surface area contributed by atoms with Crippen molar-refractivity contribution in [3.63, 3.8) is 0 Å². The van der Waals surface area contributed by atoms with E-state index in [-0.39, 0.29) is 5.75 Å². The third-order valence-corrected chi connectivity index (χ3v) is 6.61. The number of aryl methyl sites for hydroxylation is 1. The quantitative estimate of drug-likeness (QED) is 0.784. The van der Waals surface area contributed by atoms with Gasteiger partial charge in [-0.1, -0.05) is 11.8 Å². The van der Waals surface area contributed by atoms with Crippen molar-refractivity contribution in [3.8, 4) is 0 Å². The minimum atomic E-state index is -3.09. The fraction of sp³-hybridized carbons (Fsp3) is 0.818. The molecule has 0 spiro atoms. The summed E-state index contributed by atoms with van der Waals surface area (Å²) in [6.07, 6.45) is 0. The Morgan fingerprint density at radius 1 is 1.32 bits per heavy atom. The van der Waals surface area contributed by atoms with Crippen LogP contribution in [0.25, 0.3) is 0 Å². The Labute approximate surface area is 119 Å². The Morgan fingerprint density at radius 2 is 1.95 bits per heavy atom. The highest BCUT2D eigenvalue weighted by atomic mass is 32.2. The van der Waals surface area contributed by atoms with Gasteiger partial charge in [0.25, 0.3) is 0 Å². The number of nitrogens with two attached hydrogens (primary N) is 1. The third-order valence-electron chi connectivity index (χ3n) is 2.77. The first-order valence-electron chi connectivity index (χ1n) is 6.14. The molecule has 0 aliphatic heterocycles. The number of hydrogen-bond acceptors (Lipinski definition) is 6. The Morgan fingerprint density at radius 3 is 2.47 bits per heavy atom. The molecule has 1 rings (SSSR count). The number of hydrogen-bond donors (Lipinski definition) is 1. The van der Waals surface area contributed by atoms with Gasteiger partial charge in [0.2, 0.25) is 0 Å². The highest BCUT2D eigenvalue weighted by Gasteiger charge is 2.28. The lowest BCUT2D eigenvalue weighted by molar-refractivity contribution is 0.562. The molecule has 0 aliphatic carbocycles. The summed E-state index contributed by atoms with van der Waals surface area (Å²) in [5, 5.41) is 8.76. The molecular formula is C11H22N4O2S2. The molecule has 8 heteroatoms. The minimum absolute atomic E-state index is 0.135. The van der Waals surface area contributed by atoms with E-state index in [0.717, 1.165) is 11.0 Å². The van der Waals surface area contributed by atoms with Crippen molar-refractivity contribution in [1.82, 2.24) is 14.8 Å². The van der Waals surface area contributed by atoms with Crippen LogP contribution in [0.2, 0.25) is 0 Å². The van der Waals surface area contributed by atoms with E-state index in [9.17, 15) is 8.42 Å². The molecule has 0 aliphatic rings. The number of sulfone groups is 1. The highest BCUT2D eigenvalue weighted by Crippen LogP contribution is 2.21. The molecule has 2 N–H and O–H groups in total. The van der Waals surface area contributed by atoms with Crippen LogP contribution in [0.5, 0.6) is 0 Å². The largest absolute Gasteiger partial charge is 0.329 e. The van der Waals surface area contributed by atoms with Gasteiger partial charge in [0.1, 0.15) is 5.82 Å². The molecule has 19 heavy (non-hydrogen) atoms. The monoisotopic (exact) mass is 306 g/mol. The highest BCUT2D eigenvalue weighted by molar-refractivity contribution is 8.00. The average Bonchev–Trinajstić information content (AvgIpc) is 2.60. The Bertz CT molecular complexity index is 517. The maximum Gasteiger partial charge on any atom is 0.191 e. The van der Waals surface area contributed by atoms with E-state index in [1.807, 2.05) is 11.5 Å². The van der Waals surface area contributed by atoms with Gasteiger partial charge in [-0.25, -0.2) is 8.42 Å². The maximum atomic E-state index is 12.0. The molecule has 0 atom stereocenters. The summed E-state index contributed by atoms with van der Waals surface area (Å²) in [6.45, 7) is 8.16. The summed E-state index contributed by atoms with van der Waals surface area (Å²) in [4.78, 5) is 0. The van der Waals surface area contributed by atoms with Crippen LogP contribution in [0.1, 0.15) is 26.6 Å². The lowest BCUT2D eigenvalue weighted by atomic mass is 10.3. The molecular weight excluding hydrogens is 284 g/mol. The van der Waals surface area contributed by atoms with Crippen molar-refractivity contribution in [2.75, 3.05) is 18.1 Å². The fourth-order valence-corrected chi connectivity index (χ4v) is 3.89. The minimum Gasteiger partial charge on any atom is -0.329 e. The zero-order valence-electron chi connectivity index (χ0n) is 11.9. The number of thioether (sulfide) groups is 1. The second kappa shape index (κ2) is 6.23. The van der Waals surface area contributed by atoms with Crippen LogP contribution < -0.4 is 5.73 Å². The van der Waals surface area contributed by atoms with E-state index in [0.29, 0.717) is 18.8 Å². The van der Waals surface area contributed by atoms with E-state index < -0.39 is 14.6 Å². The molecule has 0 saturated carbocycles. The van der Waals surface area contributed by atoms with Crippen molar-refractivity contribution in [3.05, 3.63) is 5.82 Å². The Balaban J connectivity index is 2.64. The van der Waals surface area contributed by atoms with Crippen LogP contribution >= 0.6 is 11.8 Å². The summed E-state index contributed by atoms with van der Waals surface area (Å²) in [5.74, 6) is 1.41. The second-order valence-electron chi connectivity index (χ2n) is 5.25. The first kappa shape index (κ1) is 16.5. The van der Waals surface area contributed by atoms with E-state index in [4.69, 9.17) is 5.73 Å². The van der Waals surface area contributed by atoms with Crippen LogP contribution in [0.4, 0.5) is 0 Å². The predicted octanol–water partition coefficient (Wildman–Crippen LogP) is 0.851. The first-order valence-corrected chi connectivity index (χ1v) is 8.78. The maximum absolute atomic E-state index is 12.0. The molecule has 0 bridgehead atoms. The molecule has 6 nitrogen and oxygen atoms in total. The molecule has 1 aromatic rings. The SMILES string of the molecule is Cc1nnc(SCCS(=O)(=O)C(C)(C)C)n1CCN. The van der Waals surface area contributed by atoms with E-state index in [1.54, 1.807) is 20.8 Å². The molecule has 0 saturated heterocycles. The standard InChI is InChI=1S/C11H22N4O2S2/c1-9-13-14-10(15(9)6-5-12)18-7-8-19(16,17)11(2,3)4/h5-8,12H2,1-4H3. The Hall–Kier alpha value is -0.600. The van der Waals surface area contributed by atoms with Gasteiger partial charge in [-0.15, -0.1) is 10.2 Å². The van der Waals surface area contributed by atoms with Gasteiger partial charge in [-0.3, -0.25) is 0 Å². The van der Waals surface area contributed by atoms with E-state index in [1.165, 1.54) is 11.8 Å². The average molecular weight is 306 g/mol. The Kier molecular flexibility index (Phi) is 5.40. The molecule has 0 fully saturated rings. The molecule has 1 aromatic heterocycles. The summed E-state index contributed by atoms with van der Waals surface area (Å²) in [5.41, 5.74) is 5.53. The molecule has 0 unspecified atom stereocenters. The number of nitrogens with zero attached hydrogens (tertiary/aromatic N) is 3. The van der Waals surface area contributed by atoms with Gasteiger partial charge in [-0.05, 0) is 27.7 Å². The molecule has 0 radical (unpaired) electrons. The second-order valence-corrected chi connectivity index (χ2v) is 9.17. The first-order chi connectivity index (χ1) is 8.69. The summed E-state index contributed by atoms with van der Waals surface area (Å²) >= 11 is 1.41. The number of rotatable bonds is 6. The lowest BCUT2D eigenvalue weighted by Gasteiger charge is -2.18. The van der Waals surface area contributed by atoms with Gasteiger partial charge in [-0.2, -0.15) is 0 Å². The van der Waals surface area contributed by atoms with Crippen LogP contribution in [0, 0.1) is 6.92 Å². The zero-order valence-corrected chi connectivity index (χ0v) is 13.5. The van der Waals surface area contributed by atoms with Crippen molar-refractivity contribution < 1.29 is 8.42 Å². The molecule has 1 heterocycles. The van der Waals surface area contributed by atoms with Gasteiger partial charge in [0, 0.05) is 18.8 Å². The van der Waals surface area contributed by atoms with Crippen molar-refractivity contribution in [2.24, 2.45) is 5.73 Å². The smallest absolute Gasteiger partial charge is 0.191 e. The van der Waals surface area contributed by atoms with Crippen molar-refractivity contribution in [1.29, 1.82) is 0 Å². The summed E-state index contributed by atoms with van der Waals surface area (Å²) in [7, 11) is -3.09. The molecule has 0 amide bonds. The summed E-state index contributed by atoms with van der Waals surface area (Å²) < 4.78 is 25.2. The topological polar surface area (TPSA) is 90.9 Å². The lowest BCUT2D eigenvalue weighted by Crippen LogP contribution is -2.31. The normalized spacial score (nSPS) is 12.9. The molecule has 0 aromatic carbocycles.